The molecule has 15 aromatic rings. The van der Waals surface area contributed by atoms with Crippen molar-refractivity contribution in [2.75, 3.05) is 9.80 Å². The Bertz CT molecular complexity index is 4260. The summed E-state index contributed by atoms with van der Waals surface area (Å²) in [5.74, 6) is 0. The van der Waals surface area contributed by atoms with Crippen LogP contribution in [0.25, 0.3) is 113 Å². The number of hydrogen-bond donors (Lipinski definition) is 0. The highest BCUT2D eigenvalue weighted by Gasteiger charge is 2.26. The monoisotopic (exact) mass is 1030 g/mol. The zero-order valence-electron chi connectivity index (χ0n) is 42.7. The van der Waals surface area contributed by atoms with Crippen LogP contribution in [0.1, 0.15) is 22.3 Å². The van der Waals surface area contributed by atoms with Gasteiger partial charge < -0.3 is 17.7 Å². The number of benzene rings is 11. The van der Waals surface area contributed by atoms with E-state index in [0.717, 1.165) is 77.6 Å². The first kappa shape index (κ1) is 46.2. The summed E-state index contributed by atoms with van der Waals surface area (Å²) in [7, 11) is 0. The highest BCUT2D eigenvalue weighted by Crippen LogP contribution is 2.46. The van der Waals surface area contributed by atoms with Crippen LogP contribution in [-0.4, -0.2) is 19.9 Å². The van der Waals surface area contributed by atoms with Crippen LogP contribution in [0.15, 0.2) is 260 Å². The fourth-order valence-corrected chi connectivity index (χ4v) is 10.6. The van der Waals surface area contributed by atoms with Crippen LogP contribution in [0, 0.1) is 0 Å². The standard InChI is InChI=1S/C70H44N6O4/c1-3-15-49(16-4-1)65-53-41-35-47(29-27-45-31-37-51(38-32-45)75(67-71-57-19-7-11-23-61(57)77-67)68-72-58-20-8-12-24-62(58)78-68)43-55(53)56-44-48(36-42-54(56)66(65)50-17-5-2-6-18-50)30-28-46-33-39-52(40-34-46)76(69-73-59-21-9-13-25-63(59)79-69)70-74-60-22-10-14-26-64(60)80-70/h1-44H/b29-27+,30-28+. The minimum absolute atomic E-state index is 0.362. The number of fused-ring (bicyclic) bond motifs is 7. The maximum absolute atomic E-state index is 6.28. The second-order valence-electron chi connectivity index (χ2n) is 19.5. The van der Waals surface area contributed by atoms with Crippen LogP contribution in [-0.2, 0) is 0 Å². The molecule has 0 N–H and O–H groups in total. The van der Waals surface area contributed by atoms with Crippen LogP contribution in [0.5, 0.6) is 0 Å². The number of rotatable bonds is 12. The molecule has 0 atom stereocenters. The minimum Gasteiger partial charge on any atom is -0.423 e. The van der Waals surface area contributed by atoms with E-state index in [1.54, 1.807) is 0 Å². The number of aromatic nitrogens is 4. The van der Waals surface area contributed by atoms with E-state index in [2.05, 4.69) is 146 Å². The Balaban J connectivity index is 0.792. The molecular formula is C70H44N6O4. The molecule has 80 heavy (non-hydrogen) atoms. The van der Waals surface area contributed by atoms with Crippen molar-refractivity contribution in [1.82, 2.24) is 19.9 Å². The Morgan fingerprint density at radius 2 is 0.550 bits per heavy atom. The SMILES string of the molecule is C(=C\c1ccc2c(-c3ccccc3)c(-c3ccccc3)c3ccc(/C=C/c4ccc(N(c5nc6ccccc6o5)c5nc6ccccc6o5)cc4)cc3c2c1)/c1ccc(N(c2nc3ccccc3o2)c2nc3ccccc3o2)cc1. The summed E-state index contributed by atoms with van der Waals surface area (Å²) in [5.41, 5.74) is 16.1. The highest BCUT2D eigenvalue weighted by atomic mass is 16.4. The molecule has 0 amide bonds. The Morgan fingerprint density at radius 1 is 0.263 bits per heavy atom. The van der Waals surface area contributed by atoms with Gasteiger partial charge in [-0.05, 0) is 151 Å². The molecule has 0 radical (unpaired) electrons. The van der Waals surface area contributed by atoms with Crippen molar-refractivity contribution in [3.63, 3.8) is 0 Å². The molecule has 0 spiro atoms. The number of anilines is 6. The quantitative estimate of drug-likeness (QED) is 0.0866. The molecule has 0 fully saturated rings. The maximum Gasteiger partial charge on any atom is 0.311 e. The molecule has 0 saturated heterocycles. The summed E-state index contributed by atoms with van der Waals surface area (Å²) in [4.78, 5) is 22.9. The predicted molar refractivity (Wildman–Crippen MR) is 323 cm³/mol. The van der Waals surface area contributed by atoms with Gasteiger partial charge in [0.25, 0.3) is 0 Å². The first-order valence-corrected chi connectivity index (χ1v) is 26.3. The van der Waals surface area contributed by atoms with Gasteiger partial charge in [-0.2, -0.15) is 19.9 Å². The molecule has 11 aromatic carbocycles. The van der Waals surface area contributed by atoms with Gasteiger partial charge in [0.1, 0.15) is 22.1 Å². The van der Waals surface area contributed by atoms with Gasteiger partial charge in [0.15, 0.2) is 22.3 Å². The molecule has 0 saturated carbocycles. The van der Waals surface area contributed by atoms with Crippen LogP contribution in [0.4, 0.5) is 35.4 Å². The molecular weight excluding hydrogens is 989 g/mol. The van der Waals surface area contributed by atoms with E-state index in [-0.39, 0.29) is 0 Å². The largest absolute Gasteiger partial charge is 0.423 e. The fraction of sp³-hybridized carbons (Fsp3) is 0. The molecule has 0 aliphatic rings. The Labute approximate surface area is 458 Å². The summed E-state index contributed by atoms with van der Waals surface area (Å²) in [6, 6.07) is 83.8. The van der Waals surface area contributed by atoms with Crippen molar-refractivity contribution in [1.29, 1.82) is 0 Å². The molecule has 4 aromatic heterocycles. The van der Waals surface area contributed by atoms with Crippen LogP contribution in [0.3, 0.4) is 0 Å². The number of para-hydroxylation sites is 8. The molecule has 0 aliphatic heterocycles. The zero-order valence-corrected chi connectivity index (χ0v) is 42.7. The van der Waals surface area contributed by atoms with E-state index in [4.69, 9.17) is 37.6 Å². The van der Waals surface area contributed by atoms with E-state index < -0.39 is 0 Å². The van der Waals surface area contributed by atoms with Gasteiger partial charge in [-0.3, -0.25) is 0 Å². The number of oxazole rings is 4. The maximum atomic E-state index is 6.28. The van der Waals surface area contributed by atoms with Gasteiger partial charge in [-0.1, -0.05) is 182 Å². The van der Waals surface area contributed by atoms with E-state index in [1.807, 2.05) is 131 Å². The van der Waals surface area contributed by atoms with Crippen LogP contribution < -0.4 is 9.80 Å². The van der Waals surface area contributed by atoms with Crippen molar-refractivity contribution >= 4 is 126 Å². The highest BCUT2D eigenvalue weighted by molar-refractivity contribution is 6.22. The lowest BCUT2D eigenvalue weighted by atomic mass is 9.84. The van der Waals surface area contributed by atoms with E-state index in [0.29, 0.717) is 46.4 Å². The molecule has 0 aliphatic carbocycles. The van der Waals surface area contributed by atoms with Gasteiger partial charge in [0.05, 0.1) is 11.4 Å². The lowest BCUT2D eigenvalue weighted by Crippen LogP contribution is -2.10. The lowest BCUT2D eigenvalue weighted by Gasteiger charge is -2.19. The zero-order chi connectivity index (χ0) is 52.9. The van der Waals surface area contributed by atoms with Crippen molar-refractivity contribution < 1.29 is 17.7 Å². The molecule has 0 bridgehead atoms. The van der Waals surface area contributed by atoms with Crippen molar-refractivity contribution in [3.05, 3.63) is 265 Å². The first-order chi connectivity index (χ1) is 39.6. The summed E-state index contributed by atoms with van der Waals surface area (Å²) in [5, 5.41) is 4.64. The van der Waals surface area contributed by atoms with E-state index in [9.17, 15) is 0 Å². The molecule has 10 nitrogen and oxygen atoms in total. The van der Waals surface area contributed by atoms with E-state index in [1.165, 1.54) is 21.9 Å². The predicted octanol–water partition coefficient (Wildman–Crippen LogP) is 19.2. The van der Waals surface area contributed by atoms with Gasteiger partial charge >= 0.3 is 24.1 Å². The van der Waals surface area contributed by atoms with Gasteiger partial charge in [0, 0.05) is 0 Å². The van der Waals surface area contributed by atoms with Crippen molar-refractivity contribution in [3.8, 4) is 22.3 Å². The molecule has 10 heteroatoms. The smallest absolute Gasteiger partial charge is 0.311 e. The fourth-order valence-electron chi connectivity index (χ4n) is 10.6. The molecule has 4 heterocycles. The molecule has 0 unspecified atom stereocenters. The van der Waals surface area contributed by atoms with Crippen molar-refractivity contribution in [2.45, 2.75) is 0 Å². The summed E-state index contributed by atoms with van der Waals surface area (Å²) in [6.45, 7) is 0. The minimum atomic E-state index is 0.362. The van der Waals surface area contributed by atoms with Crippen LogP contribution >= 0.6 is 0 Å². The normalized spacial score (nSPS) is 11.9. The number of hydrogen-bond acceptors (Lipinski definition) is 10. The third-order valence-corrected chi connectivity index (χ3v) is 14.4. The summed E-state index contributed by atoms with van der Waals surface area (Å²) in [6.07, 6.45) is 8.64. The molecule has 378 valence electrons. The van der Waals surface area contributed by atoms with E-state index >= 15 is 0 Å². The van der Waals surface area contributed by atoms with Crippen LogP contribution in [0.2, 0.25) is 0 Å². The average molecular weight is 1030 g/mol. The number of nitrogens with zero attached hydrogens (tertiary/aromatic N) is 6. The third-order valence-electron chi connectivity index (χ3n) is 14.4. The van der Waals surface area contributed by atoms with Crippen molar-refractivity contribution in [2.24, 2.45) is 0 Å². The third kappa shape index (κ3) is 8.50. The van der Waals surface area contributed by atoms with Gasteiger partial charge in [0.2, 0.25) is 0 Å². The second kappa shape index (κ2) is 19.5. The lowest BCUT2D eigenvalue weighted by molar-refractivity contribution is 0.565. The molecule has 15 rings (SSSR count). The Morgan fingerprint density at radius 3 is 0.875 bits per heavy atom. The Kier molecular flexibility index (Phi) is 11.3. The second-order valence-corrected chi connectivity index (χ2v) is 19.5. The Hall–Kier alpha value is -11.1. The summed E-state index contributed by atoms with van der Waals surface area (Å²) < 4.78 is 25.1. The van der Waals surface area contributed by atoms with Gasteiger partial charge in [-0.15, -0.1) is 0 Å². The topological polar surface area (TPSA) is 111 Å². The first-order valence-electron chi connectivity index (χ1n) is 26.3. The average Bonchev–Trinajstić information content (AvgIpc) is 4.35. The summed E-state index contributed by atoms with van der Waals surface area (Å²) >= 11 is 0. The van der Waals surface area contributed by atoms with Gasteiger partial charge in [-0.25, -0.2) is 9.80 Å².